The Bertz CT molecular complexity index is 1210. The van der Waals surface area contributed by atoms with Crippen molar-refractivity contribution in [3.63, 3.8) is 0 Å². The highest BCUT2D eigenvalue weighted by molar-refractivity contribution is 7.22. The number of hydrogen-bond acceptors (Lipinski definition) is 5. The van der Waals surface area contributed by atoms with Gasteiger partial charge in [-0.15, -0.1) is 0 Å². The van der Waals surface area contributed by atoms with Crippen molar-refractivity contribution >= 4 is 49.3 Å². The molecule has 1 aliphatic heterocycles. The van der Waals surface area contributed by atoms with Gasteiger partial charge in [0.05, 0.1) is 15.8 Å². The van der Waals surface area contributed by atoms with Gasteiger partial charge in [-0.2, -0.15) is 0 Å². The molecule has 1 aromatic heterocycles. The number of amides is 1. The third kappa shape index (κ3) is 2.74. The smallest absolute Gasteiger partial charge is 0.339 e. The Morgan fingerprint density at radius 1 is 1.07 bits per heavy atom. The molecule has 4 aromatic rings. The number of fused-ring (bicyclic) bond motifs is 4. The summed E-state index contributed by atoms with van der Waals surface area (Å²) in [6.07, 6.45) is -0.488. The highest BCUT2D eigenvalue weighted by Crippen LogP contribution is 2.32. The number of hydrogen-bond donors (Lipinski definition) is 1. The first-order valence-corrected chi connectivity index (χ1v) is 9.39. The van der Waals surface area contributed by atoms with Gasteiger partial charge in [0.15, 0.2) is 11.2 Å². The zero-order chi connectivity index (χ0) is 18.4. The van der Waals surface area contributed by atoms with Crippen LogP contribution in [0.15, 0.2) is 60.7 Å². The van der Waals surface area contributed by atoms with E-state index in [2.05, 4.69) is 10.3 Å². The van der Waals surface area contributed by atoms with Crippen LogP contribution in [-0.2, 0) is 16.0 Å². The van der Waals surface area contributed by atoms with Crippen LogP contribution in [0.25, 0.3) is 21.0 Å². The summed E-state index contributed by atoms with van der Waals surface area (Å²) in [5, 5.41) is 5.46. The maximum Gasteiger partial charge on any atom is 0.339 e. The molecule has 6 heteroatoms. The predicted octanol–water partition coefficient (Wildman–Crippen LogP) is 4.17. The Hall–Kier alpha value is -3.25. The quantitative estimate of drug-likeness (QED) is 0.535. The number of nitrogens with one attached hydrogen (secondary N) is 1. The summed E-state index contributed by atoms with van der Waals surface area (Å²) in [6, 6.07) is 19.2. The number of benzene rings is 3. The molecule has 0 aliphatic carbocycles. The lowest BCUT2D eigenvalue weighted by molar-refractivity contribution is -0.125. The Morgan fingerprint density at radius 2 is 1.89 bits per heavy atom. The van der Waals surface area contributed by atoms with Crippen molar-refractivity contribution in [1.29, 1.82) is 0 Å². The van der Waals surface area contributed by atoms with E-state index in [0.29, 0.717) is 17.1 Å². The highest BCUT2D eigenvalue weighted by Gasteiger charge is 2.31. The van der Waals surface area contributed by atoms with Gasteiger partial charge in [-0.3, -0.25) is 10.1 Å². The topological polar surface area (TPSA) is 68.3 Å². The van der Waals surface area contributed by atoms with Crippen molar-refractivity contribution in [2.45, 2.75) is 12.5 Å². The number of thiazole rings is 1. The lowest BCUT2D eigenvalue weighted by atomic mass is 9.98. The molecular weight excluding hydrogens is 360 g/mol. The summed E-state index contributed by atoms with van der Waals surface area (Å²) < 4.78 is 6.31. The van der Waals surface area contributed by atoms with Crippen molar-refractivity contribution in [2.24, 2.45) is 0 Å². The van der Waals surface area contributed by atoms with E-state index in [9.17, 15) is 9.59 Å². The van der Waals surface area contributed by atoms with Crippen molar-refractivity contribution in [3.8, 4) is 0 Å². The number of ether oxygens (including phenoxy) is 1. The molecular formula is C21H14N2O3S. The largest absolute Gasteiger partial charge is 0.448 e. The molecule has 27 heavy (non-hydrogen) atoms. The fourth-order valence-corrected chi connectivity index (χ4v) is 4.26. The third-order valence-electron chi connectivity index (χ3n) is 4.70. The SMILES string of the molecule is O=C1OC(C(=O)Nc2nc3c(ccc4ccccc43)s2)Cc2ccccc21. The average molecular weight is 374 g/mol. The van der Waals surface area contributed by atoms with Crippen molar-refractivity contribution in [3.05, 3.63) is 71.8 Å². The number of rotatable bonds is 2. The average Bonchev–Trinajstić information content (AvgIpc) is 3.11. The number of nitrogens with zero attached hydrogens (tertiary/aromatic N) is 1. The first kappa shape index (κ1) is 16.0. The van der Waals surface area contributed by atoms with Crippen LogP contribution in [0, 0.1) is 0 Å². The highest BCUT2D eigenvalue weighted by atomic mass is 32.1. The first-order valence-electron chi connectivity index (χ1n) is 8.57. The van der Waals surface area contributed by atoms with Crippen LogP contribution in [0.5, 0.6) is 0 Å². The van der Waals surface area contributed by atoms with Gasteiger partial charge in [0, 0.05) is 11.8 Å². The molecule has 3 aromatic carbocycles. The molecule has 0 spiro atoms. The van der Waals surface area contributed by atoms with E-state index < -0.39 is 12.1 Å². The van der Waals surface area contributed by atoms with Crippen LogP contribution in [-0.4, -0.2) is 23.0 Å². The van der Waals surface area contributed by atoms with E-state index >= 15 is 0 Å². The summed E-state index contributed by atoms with van der Waals surface area (Å²) in [5.74, 6) is -0.825. The molecule has 1 N–H and O–H groups in total. The Labute approximate surface area is 158 Å². The van der Waals surface area contributed by atoms with Crippen molar-refractivity contribution in [1.82, 2.24) is 4.98 Å². The minimum Gasteiger partial charge on any atom is -0.448 e. The first-order chi connectivity index (χ1) is 13.2. The third-order valence-corrected chi connectivity index (χ3v) is 5.63. The zero-order valence-electron chi connectivity index (χ0n) is 14.1. The molecule has 1 amide bonds. The van der Waals surface area contributed by atoms with E-state index in [1.165, 1.54) is 11.3 Å². The number of aromatic nitrogens is 1. The van der Waals surface area contributed by atoms with Gasteiger partial charge in [0.1, 0.15) is 0 Å². The Balaban J connectivity index is 1.43. The zero-order valence-corrected chi connectivity index (χ0v) is 15.0. The number of carbonyl (C=O) groups is 2. The maximum absolute atomic E-state index is 12.6. The van der Waals surface area contributed by atoms with E-state index in [-0.39, 0.29) is 5.91 Å². The Kier molecular flexibility index (Phi) is 3.65. The summed E-state index contributed by atoms with van der Waals surface area (Å²) >= 11 is 1.41. The van der Waals surface area contributed by atoms with Crippen LogP contribution < -0.4 is 5.32 Å². The van der Waals surface area contributed by atoms with E-state index in [0.717, 1.165) is 26.6 Å². The molecule has 132 valence electrons. The van der Waals surface area contributed by atoms with Crippen LogP contribution in [0.1, 0.15) is 15.9 Å². The monoisotopic (exact) mass is 374 g/mol. The molecule has 1 aliphatic rings. The normalized spacial score (nSPS) is 16.1. The van der Waals surface area contributed by atoms with Crippen LogP contribution in [0.4, 0.5) is 5.13 Å². The molecule has 1 unspecified atom stereocenters. The molecule has 1 atom stereocenters. The van der Waals surface area contributed by atoms with Gasteiger partial charge < -0.3 is 4.74 Å². The minimum atomic E-state index is -0.851. The van der Waals surface area contributed by atoms with Gasteiger partial charge in [-0.25, -0.2) is 9.78 Å². The van der Waals surface area contributed by atoms with Crippen LogP contribution >= 0.6 is 11.3 Å². The van der Waals surface area contributed by atoms with Crippen molar-refractivity contribution < 1.29 is 14.3 Å². The molecule has 0 saturated heterocycles. The second-order valence-corrected chi connectivity index (χ2v) is 7.43. The molecule has 0 saturated carbocycles. The van der Waals surface area contributed by atoms with E-state index in [1.807, 2.05) is 48.5 Å². The summed E-state index contributed by atoms with van der Waals surface area (Å²) in [4.78, 5) is 29.4. The molecule has 0 radical (unpaired) electrons. The van der Waals surface area contributed by atoms with Gasteiger partial charge >= 0.3 is 5.97 Å². The van der Waals surface area contributed by atoms with E-state index in [1.54, 1.807) is 12.1 Å². The maximum atomic E-state index is 12.6. The number of carbonyl (C=O) groups excluding carboxylic acids is 2. The molecule has 5 rings (SSSR count). The Morgan fingerprint density at radius 3 is 2.81 bits per heavy atom. The van der Waals surface area contributed by atoms with Crippen LogP contribution in [0.2, 0.25) is 0 Å². The summed E-state index contributed by atoms with van der Waals surface area (Å²) in [7, 11) is 0. The van der Waals surface area contributed by atoms with E-state index in [4.69, 9.17) is 4.74 Å². The number of cyclic esters (lactones) is 1. The number of anilines is 1. The molecule has 0 fully saturated rings. The predicted molar refractivity (Wildman–Crippen MR) is 105 cm³/mol. The van der Waals surface area contributed by atoms with Gasteiger partial charge in [0.25, 0.3) is 5.91 Å². The summed E-state index contributed by atoms with van der Waals surface area (Å²) in [6.45, 7) is 0. The lowest BCUT2D eigenvalue weighted by Crippen LogP contribution is -2.37. The second kappa shape index (κ2) is 6.17. The standard InChI is InChI=1S/C21H14N2O3S/c24-19(16-11-13-6-2-4-8-15(13)20(25)26-16)23-21-22-18-14-7-3-1-5-12(14)9-10-17(18)27-21/h1-10,16H,11H2,(H,22,23,24). The number of esters is 1. The second-order valence-electron chi connectivity index (χ2n) is 6.40. The minimum absolute atomic E-state index is 0.360. The fraction of sp³-hybridized carbons (Fsp3) is 0.0952. The van der Waals surface area contributed by atoms with Gasteiger partial charge in [0.2, 0.25) is 0 Å². The molecule has 5 nitrogen and oxygen atoms in total. The fourth-order valence-electron chi connectivity index (χ4n) is 3.38. The van der Waals surface area contributed by atoms with Crippen molar-refractivity contribution in [2.75, 3.05) is 5.32 Å². The lowest BCUT2D eigenvalue weighted by Gasteiger charge is -2.23. The molecule has 0 bridgehead atoms. The van der Waals surface area contributed by atoms with Gasteiger partial charge in [-0.05, 0) is 23.1 Å². The summed E-state index contributed by atoms with van der Waals surface area (Å²) in [5.41, 5.74) is 2.21. The van der Waals surface area contributed by atoms with Gasteiger partial charge in [-0.1, -0.05) is 59.9 Å². The molecule has 2 heterocycles. The van der Waals surface area contributed by atoms with Crippen LogP contribution in [0.3, 0.4) is 0 Å².